The Bertz CT molecular complexity index is 1600. The van der Waals surface area contributed by atoms with Crippen LogP contribution in [0.3, 0.4) is 0 Å². The number of hydrogen-bond acceptors (Lipinski definition) is 7. The molecule has 2 aromatic carbocycles. The lowest BCUT2D eigenvalue weighted by Gasteiger charge is -2.07. The molecule has 13 heteroatoms. The van der Waals surface area contributed by atoms with Gasteiger partial charge in [-0.15, -0.1) is 0 Å². The molecule has 4 aromatic rings. The van der Waals surface area contributed by atoms with E-state index in [4.69, 9.17) is 19.6 Å². The fourth-order valence-corrected chi connectivity index (χ4v) is 4.28. The van der Waals surface area contributed by atoms with Crippen molar-refractivity contribution in [2.45, 2.75) is 49.8 Å². The van der Waals surface area contributed by atoms with E-state index >= 15 is 0 Å². The van der Waals surface area contributed by atoms with Gasteiger partial charge in [0, 0.05) is 12.1 Å². The van der Waals surface area contributed by atoms with Crippen LogP contribution in [-0.2, 0) is 26.7 Å². The Morgan fingerprint density at radius 2 is 1.45 bits per heavy atom. The van der Waals surface area contributed by atoms with Gasteiger partial charge >= 0.3 is 0 Å². The number of aromatic nitrogens is 2. The highest BCUT2D eigenvalue weighted by molar-refractivity contribution is 7.86. The zero-order chi connectivity index (χ0) is 31.3. The van der Waals surface area contributed by atoms with E-state index < -0.39 is 20.2 Å². The van der Waals surface area contributed by atoms with E-state index in [2.05, 4.69) is 18.1 Å². The Labute approximate surface area is 246 Å². The zero-order valence-corrected chi connectivity index (χ0v) is 25.3. The number of unbranched alkanes of at least 4 members (excludes halogenated alkanes) is 1. The first-order chi connectivity index (χ1) is 19.8. The van der Waals surface area contributed by atoms with Crippen LogP contribution in [0.1, 0.15) is 36.6 Å². The van der Waals surface area contributed by atoms with Gasteiger partial charge in [0.2, 0.25) is 0 Å². The molecular formula is C29H36FN3O7S2. The van der Waals surface area contributed by atoms with Crippen LogP contribution in [0.2, 0.25) is 0 Å². The SMILES string of the molecule is CCCCc1cc2ccc(OC/C(=C/F)CN)cn2n1.Cc1ccc(S(=O)(=O)O)cc1.Cc1ccc(S(=O)(=O)O)cc1. The van der Waals surface area contributed by atoms with Gasteiger partial charge in [-0.25, -0.2) is 8.91 Å². The molecule has 0 aliphatic heterocycles. The van der Waals surface area contributed by atoms with Crippen molar-refractivity contribution < 1.29 is 35.1 Å². The molecule has 0 spiro atoms. The third-order valence-corrected chi connectivity index (χ3v) is 7.48. The molecule has 0 amide bonds. The van der Waals surface area contributed by atoms with E-state index in [0.29, 0.717) is 17.7 Å². The van der Waals surface area contributed by atoms with Crippen LogP contribution in [0.15, 0.2) is 94.6 Å². The van der Waals surface area contributed by atoms with Gasteiger partial charge in [-0.1, -0.05) is 48.7 Å². The molecule has 0 aliphatic rings. The average Bonchev–Trinajstić information content (AvgIpc) is 3.35. The van der Waals surface area contributed by atoms with Crippen molar-refractivity contribution >= 4 is 25.8 Å². The second-order valence-electron chi connectivity index (χ2n) is 9.31. The molecule has 0 bridgehead atoms. The smallest absolute Gasteiger partial charge is 0.294 e. The van der Waals surface area contributed by atoms with Crippen LogP contribution in [0, 0.1) is 13.8 Å². The van der Waals surface area contributed by atoms with Crippen molar-refractivity contribution in [2.75, 3.05) is 13.2 Å². The maximum atomic E-state index is 12.4. The van der Waals surface area contributed by atoms with Gasteiger partial charge in [0.15, 0.2) is 0 Å². The molecule has 4 rings (SSSR count). The van der Waals surface area contributed by atoms with Gasteiger partial charge in [0.05, 0.1) is 33.5 Å². The number of pyridine rings is 1. The monoisotopic (exact) mass is 621 g/mol. The fraction of sp³-hybridized carbons (Fsp3) is 0.276. The summed E-state index contributed by atoms with van der Waals surface area (Å²) >= 11 is 0. The molecule has 0 atom stereocenters. The second kappa shape index (κ2) is 16.1. The maximum absolute atomic E-state index is 12.4. The summed E-state index contributed by atoms with van der Waals surface area (Å²) in [6.45, 7) is 6.15. The molecule has 0 fully saturated rings. The van der Waals surface area contributed by atoms with Gasteiger partial charge in [-0.2, -0.15) is 21.9 Å². The zero-order valence-electron chi connectivity index (χ0n) is 23.6. The number of ether oxygens (including phenoxy) is 1. The van der Waals surface area contributed by atoms with Crippen LogP contribution in [0.4, 0.5) is 4.39 Å². The normalized spacial score (nSPS) is 11.7. The lowest BCUT2D eigenvalue weighted by atomic mass is 10.2. The topological polar surface area (TPSA) is 161 Å². The Morgan fingerprint density at radius 3 is 1.88 bits per heavy atom. The summed E-state index contributed by atoms with van der Waals surface area (Å²) in [7, 11) is -8.04. The summed E-state index contributed by atoms with van der Waals surface area (Å²) in [5, 5.41) is 4.50. The summed E-state index contributed by atoms with van der Waals surface area (Å²) in [6, 6.07) is 17.8. The minimum atomic E-state index is -4.02. The molecule has 2 aromatic heterocycles. The lowest BCUT2D eigenvalue weighted by Crippen LogP contribution is -2.11. The summed E-state index contributed by atoms with van der Waals surface area (Å²) in [4.78, 5) is -0.133. The molecule has 0 saturated carbocycles. The lowest BCUT2D eigenvalue weighted by molar-refractivity contribution is 0.345. The minimum Gasteiger partial charge on any atom is -0.487 e. The number of aryl methyl sites for hydroxylation is 3. The molecule has 0 aliphatic carbocycles. The molecule has 228 valence electrons. The molecule has 10 nitrogen and oxygen atoms in total. The maximum Gasteiger partial charge on any atom is 0.294 e. The summed E-state index contributed by atoms with van der Waals surface area (Å²) in [5.74, 6) is 0.649. The molecule has 0 radical (unpaired) electrons. The number of rotatable bonds is 9. The fourth-order valence-electron chi connectivity index (χ4n) is 3.32. The summed E-state index contributed by atoms with van der Waals surface area (Å²) < 4.78 is 78.8. The molecule has 4 N–H and O–H groups in total. The second-order valence-corrected chi connectivity index (χ2v) is 12.2. The van der Waals surface area contributed by atoms with E-state index in [1.54, 1.807) is 35.0 Å². The van der Waals surface area contributed by atoms with E-state index in [9.17, 15) is 21.2 Å². The van der Waals surface area contributed by atoms with Crippen LogP contribution in [-0.4, -0.2) is 48.7 Å². The van der Waals surface area contributed by atoms with Crippen LogP contribution in [0.25, 0.3) is 5.52 Å². The summed E-state index contributed by atoms with van der Waals surface area (Å²) in [6.07, 6.45) is 5.57. The standard InChI is InChI=1S/C15H20FN3O.2C7H8O3S/c1-2-3-4-13-7-14-5-6-15(10-19(14)18-13)20-11-12(8-16)9-17;2*1-6-2-4-7(5-3-6)11(8,9)10/h5-8,10H,2-4,9,11,17H2,1H3;2*2-5H,1H3,(H,8,9,10)/b12-8+;;. The van der Waals surface area contributed by atoms with Gasteiger partial charge in [-0.3, -0.25) is 9.11 Å². The van der Waals surface area contributed by atoms with Gasteiger partial charge < -0.3 is 10.5 Å². The first-order valence-corrected chi connectivity index (χ1v) is 15.8. The molecule has 2 heterocycles. The Balaban J connectivity index is 0.000000239. The number of halogens is 1. The van der Waals surface area contributed by atoms with Crippen LogP contribution < -0.4 is 10.5 Å². The van der Waals surface area contributed by atoms with Gasteiger partial charge in [-0.05, 0) is 69.2 Å². The Hall–Kier alpha value is -3.62. The predicted octanol–water partition coefficient (Wildman–Crippen LogP) is 5.35. The quantitative estimate of drug-likeness (QED) is 0.209. The number of nitrogens with zero attached hydrogens (tertiary/aromatic N) is 2. The Morgan fingerprint density at radius 1 is 0.929 bits per heavy atom. The van der Waals surface area contributed by atoms with Crippen molar-refractivity contribution in [3.63, 3.8) is 0 Å². The van der Waals surface area contributed by atoms with Gasteiger partial charge in [0.1, 0.15) is 12.4 Å². The first-order valence-electron chi connectivity index (χ1n) is 12.9. The summed E-state index contributed by atoms with van der Waals surface area (Å²) in [5.41, 5.74) is 9.83. The van der Waals surface area contributed by atoms with E-state index in [-0.39, 0.29) is 22.9 Å². The highest BCUT2D eigenvalue weighted by Gasteiger charge is 2.08. The van der Waals surface area contributed by atoms with Crippen molar-refractivity contribution in [3.8, 4) is 5.75 Å². The third kappa shape index (κ3) is 11.7. The number of hydrogen-bond donors (Lipinski definition) is 3. The van der Waals surface area contributed by atoms with E-state index in [0.717, 1.165) is 41.6 Å². The molecule has 0 saturated heterocycles. The van der Waals surface area contributed by atoms with E-state index in [1.807, 2.05) is 26.0 Å². The third-order valence-electron chi connectivity index (χ3n) is 5.75. The molecule has 42 heavy (non-hydrogen) atoms. The molecular weight excluding hydrogens is 585 g/mol. The average molecular weight is 622 g/mol. The minimum absolute atomic E-state index is 0.0666. The van der Waals surface area contributed by atoms with Gasteiger partial charge in [0.25, 0.3) is 20.2 Å². The number of fused-ring (bicyclic) bond motifs is 1. The van der Waals surface area contributed by atoms with Crippen LogP contribution >= 0.6 is 0 Å². The predicted molar refractivity (Wildman–Crippen MR) is 160 cm³/mol. The Kier molecular flexibility index (Phi) is 13.3. The van der Waals surface area contributed by atoms with Crippen molar-refractivity contribution in [2.24, 2.45) is 5.73 Å². The molecule has 0 unspecified atom stereocenters. The first kappa shape index (κ1) is 34.6. The van der Waals surface area contributed by atoms with Crippen molar-refractivity contribution in [1.82, 2.24) is 9.61 Å². The number of nitrogens with two attached hydrogens (primary N) is 1. The highest BCUT2D eigenvalue weighted by Crippen LogP contribution is 2.16. The van der Waals surface area contributed by atoms with E-state index in [1.165, 1.54) is 24.3 Å². The van der Waals surface area contributed by atoms with Crippen molar-refractivity contribution in [3.05, 3.63) is 102 Å². The highest BCUT2D eigenvalue weighted by atomic mass is 32.2. The number of benzene rings is 2. The largest absolute Gasteiger partial charge is 0.487 e. The van der Waals surface area contributed by atoms with Crippen molar-refractivity contribution in [1.29, 1.82) is 0 Å². The van der Waals surface area contributed by atoms with Crippen LogP contribution in [0.5, 0.6) is 5.75 Å².